The maximum Gasteiger partial charge on any atom is 0.324 e. The van der Waals surface area contributed by atoms with Gasteiger partial charge in [0.05, 0.1) is 11.2 Å². The molecule has 0 radical (unpaired) electrons. The Morgan fingerprint density at radius 3 is 2.60 bits per heavy atom. The van der Waals surface area contributed by atoms with E-state index < -0.39 is 46.4 Å². The molecule has 0 aliphatic carbocycles. The standard InChI is InChI=1S/C27H36N8O7S/c1-5-7-8-12-32-43(38,39)17-11-9-10-16(13-17)33-26(37)34-22-18-23(30-14-29-22)35(15-31-18)25-21-19(41-27(3,4)42-21)20(40-25)24(36)28-6-2/h9-11,13-15,19-21,25,32H,5-8,12H2,1-4H3,(H,28,36)(H2,29,30,33,34,37)/t19-,20+,21-,25-/m1/s1. The van der Waals surface area contributed by atoms with Gasteiger partial charge in [-0.1, -0.05) is 25.8 Å². The van der Waals surface area contributed by atoms with Crippen LogP contribution in [0.4, 0.5) is 16.3 Å². The predicted octanol–water partition coefficient (Wildman–Crippen LogP) is 2.49. The second-order valence-electron chi connectivity index (χ2n) is 10.7. The molecule has 2 saturated heterocycles. The fraction of sp³-hybridized carbons (Fsp3) is 0.519. The van der Waals surface area contributed by atoms with Crippen molar-refractivity contribution in [3.63, 3.8) is 0 Å². The minimum absolute atomic E-state index is 0.0343. The van der Waals surface area contributed by atoms with E-state index in [1.807, 2.05) is 13.8 Å². The molecule has 2 aliphatic rings. The van der Waals surface area contributed by atoms with E-state index in [9.17, 15) is 18.0 Å². The zero-order chi connectivity index (χ0) is 30.8. The summed E-state index contributed by atoms with van der Waals surface area (Å²) in [4.78, 5) is 38.6. The van der Waals surface area contributed by atoms with Crippen LogP contribution in [0.1, 0.15) is 53.2 Å². The summed E-state index contributed by atoms with van der Waals surface area (Å²) in [5.41, 5.74) is 0.874. The van der Waals surface area contributed by atoms with Crippen molar-refractivity contribution in [3.8, 4) is 0 Å². The van der Waals surface area contributed by atoms with Crippen LogP contribution in [0, 0.1) is 0 Å². The topological polar surface area (TPSA) is 188 Å². The van der Waals surface area contributed by atoms with Crippen LogP contribution in [0.15, 0.2) is 41.8 Å². The Balaban J connectivity index is 1.32. The molecular weight excluding hydrogens is 580 g/mol. The molecule has 0 spiro atoms. The summed E-state index contributed by atoms with van der Waals surface area (Å²) in [6.07, 6.45) is 2.39. The number of ether oxygens (including phenoxy) is 3. The van der Waals surface area contributed by atoms with Crippen molar-refractivity contribution in [3.05, 3.63) is 36.9 Å². The molecule has 1 aromatic carbocycles. The van der Waals surface area contributed by atoms with E-state index in [2.05, 4.69) is 35.6 Å². The van der Waals surface area contributed by atoms with Crippen LogP contribution < -0.4 is 20.7 Å². The first kappa shape index (κ1) is 30.7. The summed E-state index contributed by atoms with van der Waals surface area (Å²) in [6, 6.07) is 5.28. The molecule has 2 aliphatic heterocycles. The highest BCUT2D eigenvalue weighted by Gasteiger charge is 2.58. The molecule has 3 amide bonds. The van der Waals surface area contributed by atoms with Gasteiger partial charge in [0.2, 0.25) is 10.0 Å². The van der Waals surface area contributed by atoms with Crippen molar-refractivity contribution in [1.82, 2.24) is 29.6 Å². The number of rotatable bonds is 11. The molecule has 0 saturated carbocycles. The molecule has 4 N–H and O–H groups in total. The second-order valence-corrected chi connectivity index (χ2v) is 12.4. The third kappa shape index (κ3) is 6.62. The summed E-state index contributed by atoms with van der Waals surface area (Å²) in [5, 5.41) is 8.04. The van der Waals surface area contributed by atoms with Gasteiger partial charge in [0.1, 0.15) is 18.5 Å². The van der Waals surface area contributed by atoms with Gasteiger partial charge in [-0.2, -0.15) is 0 Å². The molecule has 43 heavy (non-hydrogen) atoms. The zero-order valence-corrected chi connectivity index (χ0v) is 25.2. The summed E-state index contributed by atoms with van der Waals surface area (Å²) >= 11 is 0. The number of unbranched alkanes of at least 4 members (excludes halogenated alkanes) is 2. The number of sulfonamides is 1. The average Bonchev–Trinajstić information content (AvgIpc) is 3.62. The molecule has 15 nitrogen and oxygen atoms in total. The molecule has 16 heteroatoms. The predicted molar refractivity (Wildman–Crippen MR) is 156 cm³/mol. The Morgan fingerprint density at radius 2 is 1.84 bits per heavy atom. The number of likely N-dealkylation sites (N-methyl/N-ethyl adjacent to an activating group) is 1. The Hall–Kier alpha value is -3.70. The smallest absolute Gasteiger partial charge is 0.324 e. The quantitative estimate of drug-likeness (QED) is 0.233. The highest BCUT2D eigenvalue weighted by molar-refractivity contribution is 7.89. The van der Waals surface area contributed by atoms with Crippen molar-refractivity contribution in [2.45, 2.75) is 82.2 Å². The SMILES string of the molecule is CCCCCNS(=O)(=O)c1cccc(NC(=O)Nc2ncnc3c2ncn3[C@@H]2O[C@H](C(=O)NCC)[C@H]3OC(C)(C)O[C@H]32)c1. The van der Waals surface area contributed by atoms with Crippen LogP contribution in [0.2, 0.25) is 0 Å². The van der Waals surface area contributed by atoms with E-state index in [0.717, 1.165) is 19.3 Å². The first-order valence-corrected chi connectivity index (χ1v) is 15.7. The van der Waals surface area contributed by atoms with Gasteiger partial charge >= 0.3 is 6.03 Å². The van der Waals surface area contributed by atoms with E-state index >= 15 is 0 Å². The number of urea groups is 1. The van der Waals surface area contributed by atoms with Gasteiger partial charge < -0.3 is 24.8 Å². The molecule has 0 unspecified atom stereocenters. The third-order valence-electron chi connectivity index (χ3n) is 6.98. The molecule has 4 heterocycles. The van der Waals surface area contributed by atoms with Crippen molar-refractivity contribution in [2.75, 3.05) is 23.7 Å². The number of nitrogens with one attached hydrogen (secondary N) is 4. The number of imidazole rings is 1. The minimum Gasteiger partial charge on any atom is -0.354 e. The number of hydrogen-bond acceptors (Lipinski definition) is 10. The van der Waals surface area contributed by atoms with Gasteiger partial charge in [-0.05, 0) is 45.4 Å². The largest absolute Gasteiger partial charge is 0.354 e. The van der Waals surface area contributed by atoms with Gasteiger partial charge in [0.25, 0.3) is 5.91 Å². The van der Waals surface area contributed by atoms with Gasteiger partial charge in [-0.15, -0.1) is 0 Å². The number of hydrogen-bond donors (Lipinski definition) is 4. The Labute approximate surface area is 249 Å². The lowest BCUT2D eigenvalue weighted by Crippen LogP contribution is -2.42. The number of benzene rings is 1. The fourth-order valence-electron chi connectivity index (χ4n) is 5.09. The van der Waals surface area contributed by atoms with Crippen LogP contribution in [0.3, 0.4) is 0 Å². The number of aromatic nitrogens is 4. The van der Waals surface area contributed by atoms with E-state index in [4.69, 9.17) is 14.2 Å². The van der Waals surface area contributed by atoms with Crippen LogP contribution in [-0.4, -0.2) is 77.1 Å². The molecule has 3 aromatic rings. The molecule has 2 fully saturated rings. The molecular formula is C27H36N8O7S. The third-order valence-corrected chi connectivity index (χ3v) is 8.44. The molecule has 5 rings (SSSR count). The number of carbonyl (C=O) groups is 2. The van der Waals surface area contributed by atoms with E-state index in [-0.39, 0.29) is 27.8 Å². The normalized spacial score (nSPS) is 22.8. The van der Waals surface area contributed by atoms with Crippen molar-refractivity contribution >= 4 is 44.6 Å². The highest BCUT2D eigenvalue weighted by Crippen LogP contribution is 2.44. The summed E-state index contributed by atoms with van der Waals surface area (Å²) in [5.74, 6) is -1.13. The summed E-state index contributed by atoms with van der Waals surface area (Å²) < 4.78 is 47.7. The fourth-order valence-corrected chi connectivity index (χ4v) is 6.21. The van der Waals surface area contributed by atoms with Crippen LogP contribution >= 0.6 is 0 Å². The van der Waals surface area contributed by atoms with Crippen molar-refractivity contribution in [2.24, 2.45) is 0 Å². The van der Waals surface area contributed by atoms with Crippen LogP contribution in [0.5, 0.6) is 0 Å². The molecule has 2 aromatic heterocycles. The Morgan fingerprint density at radius 1 is 1.05 bits per heavy atom. The Kier molecular flexibility index (Phi) is 8.94. The number of carbonyl (C=O) groups excluding carboxylic acids is 2. The van der Waals surface area contributed by atoms with Gasteiger partial charge in [-0.3, -0.25) is 14.7 Å². The zero-order valence-electron chi connectivity index (χ0n) is 24.4. The molecule has 0 bridgehead atoms. The van der Waals surface area contributed by atoms with Crippen molar-refractivity contribution in [1.29, 1.82) is 0 Å². The summed E-state index contributed by atoms with van der Waals surface area (Å²) in [7, 11) is -3.73. The minimum atomic E-state index is -3.73. The number of fused-ring (bicyclic) bond motifs is 2. The lowest BCUT2D eigenvalue weighted by Gasteiger charge is -2.24. The lowest BCUT2D eigenvalue weighted by molar-refractivity contribution is -0.197. The first-order chi connectivity index (χ1) is 20.5. The van der Waals surface area contributed by atoms with Crippen molar-refractivity contribution < 1.29 is 32.2 Å². The highest BCUT2D eigenvalue weighted by atomic mass is 32.2. The Bertz CT molecular complexity index is 1590. The van der Waals surface area contributed by atoms with Gasteiger partial charge in [0.15, 0.2) is 35.1 Å². The van der Waals surface area contributed by atoms with E-state index in [1.165, 1.54) is 24.8 Å². The monoisotopic (exact) mass is 616 g/mol. The maximum absolute atomic E-state index is 12.9. The number of nitrogens with zero attached hydrogens (tertiary/aromatic N) is 4. The number of anilines is 2. The second kappa shape index (κ2) is 12.5. The van der Waals surface area contributed by atoms with Gasteiger partial charge in [0, 0.05) is 18.8 Å². The van der Waals surface area contributed by atoms with Gasteiger partial charge in [-0.25, -0.2) is 32.9 Å². The van der Waals surface area contributed by atoms with Crippen LogP contribution in [-0.2, 0) is 29.0 Å². The number of amides is 3. The summed E-state index contributed by atoms with van der Waals surface area (Å²) in [6.45, 7) is 8.15. The van der Waals surface area contributed by atoms with E-state index in [0.29, 0.717) is 18.7 Å². The lowest BCUT2D eigenvalue weighted by atomic mass is 10.1. The maximum atomic E-state index is 12.9. The van der Waals surface area contributed by atoms with E-state index in [1.54, 1.807) is 30.5 Å². The molecule has 4 atom stereocenters. The van der Waals surface area contributed by atoms with Crippen LogP contribution in [0.25, 0.3) is 11.2 Å². The molecule has 232 valence electrons. The first-order valence-electron chi connectivity index (χ1n) is 14.2. The average molecular weight is 617 g/mol.